The average molecular weight is 226 g/mol. The number of hydrogen-bond acceptors (Lipinski definition) is 3. The van der Waals surface area contributed by atoms with Crippen LogP contribution >= 0.6 is 0 Å². The molecule has 6 heteroatoms. The van der Waals surface area contributed by atoms with Crippen molar-refractivity contribution in [3.05, 3.63) is 0 Å². The summed E-state index contributed by atoms with van der Waals surface area (Å²) in [5.41, 5.74) is -0.336. The Hall–Kier alpha value is -0.330. The van der Waals surface area contributed by atoms with E-state index in [1.807, 2.05) is 6.92 Å². The summed E-state index contributed by atoms with van der Waals surface area (Å²) in [4.78, 5) is 0. The van der Waals surface area contributed by atoms with Gasteiger partial charge in [-0.05, 0) is 19.9 Å². The summed E-state index contributed by atoms with van der Waals surface area (Å²) in [6.07, 6.45) is -3.55. The van der Waals surface area contributed by atoms with Gasteiger partial charge in [-0.25, -0.2) is 0 Å². The van der Waals surface area contributed by atoms with Crippen molar-refractivity contribution < 1.29 is 17.9 Å². The first-order chi connectivity index (χ1) is 6.91. The molecule has 3 nitrogen and oxygen atoms in total. The van der Waals surface area contributed by atoms with Crippen molar-refractivity contribution in [2.24, 2.45) is 0 Å². The van der Waals surface area contributed by atoms with Crippen LogP contribution in [0, 0.1) is 0 Å². The van der Waals surface area contributed by atoms with Crippen LogP contribution in [0.2, 0.25) is 0 Å². The lowest BCUT2D eigenvalue weighted by Gasteiger charge is -2.34. The molecule has 1 aliphatic rings. The topological polar surface area (TPSA) is 33.3 Å². The molecule has 0 bridgehead atoms. The normalized spacial score (nSPS) is 28.0. The van der Waals surface area contributed by atoms with E-state index < -0.39 is 12.7 Å². The maximum atomic E-state index is 11.8. The van der Waals surface area contributed by atoms with Crippen LogP contribution in [0.5, 0.6) is 0 Å². The minimum atomic E-state index is -4.13. The zero-order valence-electron chi connectivity index (χ0n) is 8.78. The second-order valence-electron chi connectivity index (χ2n) is 4.02. The first-order valence-corrected chi connectivity index (χ1v) is 5.03. The van der Waals surface area contributed by atoms with Crippen LogP contribution in [-0.4, -0.2) is 44.6 Å². The van der Waals surface area contributed by atoms with Gasteiger partial charge in [-0.15, -0.1) is 0 Å². The quantitative estimate of drug-likeness (QED) is 0.699. The van der Waals surface area contributed by atoms with Crippen LogP contribution in [0.25, 0.3) is 0 Å². The molecule has 1 saturated heterocycles. The fraction of sp³-hybridized carbons (Fsp3) is 1.00. The molecule has 1 atom stereocenters. The number of nitrogens with one attached hydrogen (secondary N) is 2. The first kappa shape index (κ1) is 12.7. The molecule has 15 heavy (non-hydrogen) atoms. The summed E-state index contributed by atoms with van der Waals surface area (Å²) in [6.45, 7) is 3.42. The van der Waals surface area contributed by atoms with Gasteiger partial charge in [-0.2, -0.15) is 13.2 Å². The van der Waals surface area contributed by atoms with E-state index >= 15 is 0 Å². The number of ether oxygens (including phenoxy) is 1. The van der Waals surface area contributed by atoms with Gasteiger partial charge in [0.05, 0.1) is 18.8 Å². The summed E-state index contributed by atoms with van der Waals surface area (Å²) in [5.74, 6) is 0. The van der Waals surface area contributed by atoms with Crippen molar-refractivity contribution in [2.45, 2.75) is 25.1 Å². The van der Waals surface area contributed by atoms with Crippen LogP contribution in [-0.2, 0) is 4.74 Å². The molecular formula is C9H17F3N2O. The summed E-state index contributed by atoms with van der Waals surface area (Å²) in [7, 11) is 0. The van der Waals surface area contributed by atoms with Crippen LogP contribution in [0.4, 0.5) is 13.2 Å². The Morgan fingerprint density at radius 2 is 2.20 bits per heavy atom. The molecule has 0 aliphatic carbocycles. The van der Waals surface area contributed by atoms with E-state index in [-0.39, 0.29) is 5.60 Å². The van der Waals surface area contributed by atoms with E-state index in [4.69, 9.17) is 4.74 Å². The van der Waals surface area contributed by atoms with Crippen molar-refractivity contribution in [2.75, 3.05) is 32.8 Å². The van der Waals surface area contributed by atoms with Crippen molar-refractivity contribution >= 4 is 0 Å². The van der Waals surface area contributed by atoms with E-state index in [0.717, 1.165) is 6.54 Å². The predicted molar refractivity (Wildman–Crippen MR) is 50.8 cm³/mol. The smallest absolute Gasteiger partial charge is 0.373 e. The second-order valence-corrected chi connectivity index (χ2v) is 4.02. The maximum Gasteiger partial charge on any atom is 0.401 e. The third-order valence-electron chi connectivity index (χ3n) is 2.38. The van der Waals surface area contributed by atoms with Gasteiger partial charge in [-0.1, -0.05) is 0 Å². The van der Waals surface area contributed by atoms with Crippen LogP contribution in [0.1, 0.15) is 13.3 Å². The van der Waals surface area contributed by atoms with Crippen molar-refractivity contribution in [3.8, 4) is 0 Å². The summed E-state index contributed by atoms with van der Waals surface area (Å²) in [6, 6.07) is 0. The molecule has 0 aromatic carbocycles. The standard InChI is InChI=1S/C9H17F3N2O/c1-8(6-14-4-5-15-8)2-3-13-7-9(10,11)12/h13-14H,2-7H2,1H3. The number of rotatable bonds is 4. The molecule has 0 radical (unpaired) electrons. The molecule has 2 N–H and O–H groups in total. The molecular weight excluding hydrogens is 209 g/mol. The highest BCUT2D eigenvalue weighted by Crippen LogP contribution is 2.17. The third-order valence-corrected chi connectivity index (χ3v) is 2.38. The van der Waals surface area contributed by atoms with Gasteiger partial charge in [-0.3, -0.25) is 0 Å². The molecule has 0 aromatic rings. The Morgan fingerprint density at radius 1 is 1.47 bits per heavy atom. The molecule has 0 amide bonds. The van der Waals surface area contributed by atoms with Gasteiger partial charge >= 0.3 is 6.18 Å². The fourth-order valence-electron chi connectivity index (χ4n) is 1.52. The van der Waals surface area contributed by atoms with Crippen LogP contribution in [0.3, 0.4) is 0 Å². The molecule has 90 valence electrons. The molecule has 0 spiro atoms. The number of hydrogen-bond donors (Lipinski definition) is 2. The van der Waals surface area contributed by atoms with E-state index in [2.05, 4.69) is 10.6 Å². The van der Waals surface area contributed by atoms with Gasteiger partial charge < -0.3 is 15.4 Å². The Balaban J connectivity index is 2.13. The number of halogens is 3. The molecule has 1 fully saturated rings. The van der Waals surface area contributed by atoms with Gasteiger partial charge in [0.2, 0.25) is 0 Å². The minimum Gasteiger partial charge on any atom is -0.373 e. The molecule has 1 heterocycles. The van der Waals surface area contributed by atoms with E-state index in [1.54, 1.807) is 0 Å². The SMILES string of the molecule is CC1(CCNCC(F)(F)F)CNCCO1. The first-order valence-electron chi connectivity index (χ1n) is 5.03. The van der Waals surface area contributed by atoms with E-state index in [0.29, 0.717) is 26.1 Å². The maximum absolute atomic E-state index is 11.8. The van der Waals surface area contributed by atoms with E-state index in [9.17, 15) is 13.2 Å². The monoisotopic (exact) mass is 226 g/mol. The number of alkyl halides is 3. The lowest BCUT2D eigenvalue weighted by Crippen LogP contribution is -2.49. The highest BCUT2D eigenvalue weighted by Gasteiger charge is 2.29. The summed E-state index contributed by atoms with van der Waals surface area (Å²) in [5, 5.41) is 5.52. The molecule has 0 aromatic heterocycles. The van der Waals surface area contributed by atoms with E-state index in [1.165, 1.54) is 0 Å². The highest BCUT2D eigenvalue weighted by atomic mass is 19.4. The third kappa shape index (κ3) is 5.34. The van der Waals surface area contributed by atoms with Gasteiger partial charge in [0.15, 0.2) is 0 Å². The Labute approximate surface area is 87.4 Å². The zero-order valence-corrected chi connectivity index (χ0v) is 8.78. The predicted octanol–water partition coefficient (Wildman–Crippen LogP) is 0.907. The summed E-state index contributed by atoms with van der Waals surface area (Å²) < 4.78 is 40.9. The lowest BCUT2D eigenvalue weighted by atomic mass is 10.0. The van der Waals surface area contributed by atoms with Gasteiger partial charge in [0.25, 0.3) is 0 Å². The zero-order chi connectivity index (χ0) is 11.4. The molecule has 1 rings (SSSR count). The largest absolute Gasteiger partial charge is 0.401 e. The van der Waals surface area contributed by atoms with Gasteiger partial charge in [0.1, 0.15) is 0 Å². The Kier molecular flexibility index (Phi) is 4.36. The average Bonchev–Trinajstić information content (AvgIpc) is 2.12. The molecule has 0 saturated carbocycles. The van der Waals surface area contributed by atoms with Crippen LogP contribution in [0.15, 0.2) is 0 Å². The fourth-order valence-corrected chi connectivity index (χ4v) is 1.52. The van der Waals surface area contributed by atoms with Crippen molar-refractivity contribution in [1.29, 1.82) is 0 Å². The Bertz CT molecular complexity index is 190. The molecule has 1 unspecified atom stereocenters. The molecule has 1 aliphatic heterocycles. The van der Waals surface area contributed by atoms with Gasteiger partial charge in [0, 0.05) is 13.1 Å². The minimum absolute atomic E-state index is 0.317. The highest BCUT2D eigenvalue weighted by molar-refractivity contribution is 4.82. The summed E-state index contributed by atoms with van der Waals surface area (Å²) >= 11 is 0. The second kappa shape index (κ2) is 5.14. The van der Waals surface area contributed by atoms with Crippen molar-refractivity contribution in [3.63, 3.8) is 0 Å². The van der Waals surface area contributed by atoms with Crippen molar-refractivity contribution in [1.82, 2.24) is 10.6 Å². The number of morpholine rings is 1. The lowest BCUT2D eigenvalue weighted by molar-refractivity contribution is -0.125. The van der Waals surface area contributed by atoms with Crippen LogP contribution < -0.4 is 10.6 Å². The Morgan fingerprint density at radius 3 is 2.73 bits per heavy atom.